The minimum atomic E-state index is -0.675. The molecule has 0 atom stereocenters. The number of nitro groups is 1. The molecule has 0 saturated heterocycles. The molecule has 0 radical (unpaired) electrons. The summed E-state index contributed by atoms with van der Waals surface area (Å²) in [5.41, 5.74) is 4.99. The molecule has 21 heavy (non-hydrogen) atoms. The van der Waals surface area contributed by atoms with Gasteiger partial charge in [-0.25, -0.2) is 0 Å². The molecule has 1 aromatic carbocycles. The number of nitrogens with zero attached hydrogens (tertiary/aromatic N) is 3. The van der Waals surface area contributed by atoms with E-state index >= 15 is 0 Å². The zero-order chi connectivity index (χ0) is 15.4. The topological polar surface area (TPSA) is 137 Å². The largest absolute Gasteiger partial charge is 0.393 e. The number of carbonyl (C=O) groups is 1. The first-order valence-corrected chi connectivity index (χ1v) is 6.09. The summed E-state index contributed by atoms with van der Waals surface area (Å²) >= 11 is 0. The second-order valence-corrected chi connectivity index (χ2v) is 4.24. The summed E-state index contributed by atoms with van der Waals surface area (Å²) < 4.78 is 4.89. The molecule has 0 aliphatic carbocycles. The number of nitrogen functional groups attached to an aromatic ring is 1. The molecule has 1 amide bonds. The van der Waals surface area contributed by atoms with Gasteiger partial charge in [0.25, 0.3) is 5.91 Å². The molecule has 0 spiro atoms. The third kappa shape index (κ3) is 3.32. The van der Waals surface area contributed by atoms with Gasteiger partial charge in [-0.1, -0.05) is 11.2 Å². The average molecular weight is 291 g/mol. The third-order valence-corrected chi connectivity index (χ3v) is 2.69. The van der Waals surface area contributed by atoms with Crippen LogP contribution in [0.4, 0.5) is 11.4 Å². The molecule has 0 aliphatic heterocycles. The highest BCUT2D eigenvalue weighted by atomic mass is 16.6. The van der Waals surface area contributed by atoms with Gasteiger partial charge < -0.3 is 15.6 Å². The van der Waals surface area contributed by atoms with E-state index in [2.05, 4.69) is 15.5 Å². The van der Waals surface area contributed by atoms with Gasteiger partial charge in [0, 0.05) is 13.0 Å². The van der Waals surface area contributed by atoms with E-state index in [0.29, 0.717) is 18.1 Å². The number of hydrogen-bond acceptors (Lipinski definition) is 7. The maximum Gasteiger partial charge on any atom is 0.304 e. The molecule has 0 aliphatic rings. The molecule has 1 aromatic heterocycles. The van der Waals surface area contributed by atoms with Crippen LogP contribution in [0.25, 0.3) is 0 Å². The molecule has 3 N–H and O–H groups in total. The van der Waals surface area contributed by atoms with Crippen LogP contribution >= 0.6 is 0 Å². The number of anilines is 1. The Bertz CT molecular complexity index is 682. The molecular formula is C12H13N5O4. The first-order valence-electron chi connectivity index (χ1n) is 6.09. The fourth-order valence-electron chi connectivity index (χ4n) is 1.77. The number of aromatic nitrogens is 2. The number of benzene rings is 1. The summed E-state index contributed by atoms with van der Waals surface area (Å²) in [5, 5.41) is 17.1. The van der Waals surface area contributed by atoms with Crippen molar-refractivity contribution in [3.63, 3.8) is 0 Å². The van der Waals surface area contributed by atoms with Gasteiger partial charge in [0.05, 0.1) is 4.92 Å². The van der Waals surface area contributed by atoms with E-state index in [4.69, 9.17) is 10.3 Å². The van der Waals surface area contributed by atoms with E-state index < -0.39 is 16.5 Å². The van der Waals surface area contributed by atoms with Crippen LogP contribution in [0.1, 0.15) is 22.1 Å². The predicted octanol–water partition coefficient (Wildman–Crippen LogP) is 0.841. The summed E-state index contributed by atoms with van der Waals surface area (Å²) in [6, 6.07) is 4.20. The summed E-state index contributed by atoms with van der Waals surface area (Å²) in [7, 11) is 0. The lowest BCUT2D eigenvalue weighted by Crippen LogP contribution is -2.26. The van der Waals surface area contributed by atoms with Gasteiger partial charge in [-0.15, -0.1) is 0 Å². The Hall–Kier alpha value is -2.97. The first kappa shape index (κ1) is 14.4. The molecule has 1 heterocycles. The number of nitro benzene ring substituents is 1. The highest BCUT2D eigenvalue weighted by Gasteiger charge is 2.22. The number of rotatable bonds is 5. The van der Waals surface area contributed by atoms with Crippen molar-refractivity contribution in [3.8, 4) is 0 Å². The van der Waals surface area contributed by atoms with Crippen molar-refractivity contribution in [2.24, 2.45) is 0 Å². The maximum absolute atomic E-state index is 12.0. The Labute approximate surface area is 119 Å². The van der Waals surface area contributed by atoms with Gasteiger partial charge in [-0.3, -0.25) is 14.9 Å². The molecule has 2 rings (SSSR count). The van der Waals surface area contributed by atoms with Crippen molar-refractivity contribution in [1.82, 2.24) is 15.5 Å². The van der Waals surface area contributed by atoms with E-state index in [9.17, 15) is 14.9 Å². The molecular weight excluding hydrogens is 278 g/mol. The van der Waals surface area contributed by atoms with Crippen LogP contribution in [-0.2, 0) is 6.42 Å². The standard InChI is InChI=1S/C12H13N5O4/c1-7-15-10(21-16-7)5-6-14-12(18)8-3-2-4-9(13)11(8)17(19)20/h2-4H,5-6,13H2,1H3,(H,14,18). The monoisotopic (exact) mass is 291 g/mol. The highest BCUT2D eigenvalue weighted by Crippen LogP contribution is 2.25. The second kappa shape index (κ2) is 5.99. The molecule has 0 fully saturated rings. The SMILES string of the molecule is Cc1noc(CCNC(=O)c2cccc(N)c2[N+](=O)[O-])n1. The Balaban J connectivity index is 2.04. The van der Waals surface area contributed by atoms with Crippen LogP contribution in [0.5, 0.6) is 0 Å². The summed E-state index contributed by atoms with van der Waals surface area (Å²) in [4.78, 5) is 26.2. The molecule has 110 valence electrons. The van der Waals surface area contributed by atoms with Gasteiger partial charge in [0.2, 0.25) is 5.89 Å². The maximum atomic E-state index is 12.0. The van der Waals surface area contributed by atoms with Gasteiger partial charge >= 0.3 is 5.69 Å². The predicted molar refractivity (Wildman–Crippen MR) is 72.6 cm³/mol. The molecule has 9 heteroatoms. The summed E-state index contributed by atoms with van der Waals surface area (Å²) in [6.45, 7) is 1.90. The minimum Gasteiger partial charge on any atom is -0.393 e. The van der Waals surface area contributed by atoms with Gasteiger partial charge in [0.1, 0.15) is 11.3 Å². The van der Waals surface area contributed by atoms with E-state index in [-0.39, 0.29) is 17.8 Å². The smallest absolute Gasteiger partial charge is 0.304 e. The zero-order valence-electron chi connectivity index (χ0n) is 11.2. The fraction of sp³-hybridized carbons (Fsp3) is 0.250. The van der Waals surface area contributed by atoms with Crippen molar-refractivity contribution in [1.29, 1.82) is 0 Å². The van der Waals surface area contributed by atoms with Crippen LogP contribution in [0.2, 0.25) is 0 Å². The molecule has 9 nitrogen and oxygen atoms in total. The van der Waals surface area contributed by atoms with E-state index in [0.717, 1.165) is 0 Å². The number of carbonyl (C=O) groups excluding carboxylic acids is 1. The number of aryl methyl sites for hydroxylation is 1. The molecule has 0 saturated carbocycles. The van der Waals surface area contributed by atoms with Gasteiger partial charge in [-0.05, 0) is 19.1 Å². The van der Waals surface area contributed by atoms with E-state index in [1.54, 1.807) is 6.92 Å². The van der Waals surface area contributed by atoms with Gasteiger partial charge in [-0.2, -0.15) is 4.98 Å². The third-order valence-electron chi connectivity index (χ3n) is 2.69. The van der Waals surface area contributed by atoms with Crippen molar-refractivity contribution in [2.45, 2.75) is 13.3 Å². The van der Waals surface area contributed by atoms with Crippen molar-refractivity contribution in [3.05, 3.63) is 45.6 Å². The Morgan fingerprint density at radius 3 is 2.90 bits per heavy atom. The van der Waals surface area contributed by atoms with Crippen molar-refractivity contribution < 1.29 is 14.2 Å². The normalized spacial score (nSPS) is 10.3. The highest BCUT2D eigenvalue weighted by molar-refractivity contribution is 6.00. The van der Waals surface area contributed by atoms with Crippen LogP contribution in [-0.4, -0.2) is 27.5 Å². The lowest BCUT2D eigenvalue weighted by Gasteiger charge is -2.05. The number of nitrogens with two attached hydrogens (primary N) is 1. The average Bonchev–Trinajstić information content (AvgIpc) is 2.83. The molecule has 0 bridgehead atoms. The Morgan fingerprint density at radius 1 is 1.52 bits per heavy atom. The second-order valence-electron chi connectivity index (χ2n) is 4.24. The quantitative estimate of drug-likeness (QED) is 0.473. The van der Waals surface area contributed by atoms with Crippen molar-refractivity contribution >= 4 is 17.3 Å². The van der Waals surface area contributed by atoms with Crippen molar-refractivity contribution in [2.75, 3.05) is 12.3 Å². The van der Waals surface area contributed by atoms with Crippen LogP contribution < -0.4 is 11.1 Å². The van der Waals surface area contributed by atoms with Crippen LogP contribution in [0.3, 0.4) is 0 Å². The van der Waals surface area contributed by atoms with Gasteiger partial charge in [0.15, 0.2) is 5.82 Å². The summed E-state index contributed by atoms with van der Waals surface area (Å²) in [6.07, 6.45) is 0.336. The number of amides is 1. The summed E-state index contributed by atoms with van der Waals surface area (Å²) in [5.74, 6) is 0.308. The lowest BCUT2D eigenvalue weighted by molar-refractivity contribution is -0.384. The van der Waals surface area contributed by atoms with Crippen LogP contribution in [0, 0.1) is 17.0 Å². The fourth-order valence-corrected chi connectivity index (χ4v) is 1.77. The lowest BCUT2D eigenvalue weighted by atomic mass is 10.1. The molecule has 2 aromatic rings. The first-order chi connectivity index (χ1) is 9.99. The number of para-hydroxylation sites is 1. The van der Waals surface area contributed by atoms with E-state index in [1.807, 2.05) is 0 Å². The van der Waals surface area contributed by atoms with E-state index in [1.165, 1.54) is 18.2 Å². The number of nitrogens with one attached hydrogen (secondary N) is 1. The Morgan fingerprint density at radius 2 is 2.29 bits per heavy atom. The number of hydrogen-bond donors (Lipinski definition) is 2. The Kier molecular flexibility index (Phi) is 4.12. The molecule has 0 unspecified atom stereocenters. The van der Waals surface area contributed by atoms with Crippen LogP contribution in [0.15, 0.2) is 22.7 Å². The zero-order valence-corrected chi connectivity index (χ0v) is 11.2. The minimum absolute atomic E-state index is 0.0554.